The van der Waals surface area contributed by atoms with Crippen molar-refractivity contribution in [3.63, 3.8) is 0 Å². The molecule has 0 saturated carbocycles. The van der Waals surface area contributed by atoms with Crippen molar-refractivity contribution in [2.45, 2.75) is 45.7 Å². The maximum absolute atomic E-state index is 12.6. The van der Waals surface area contributed by atoms with Gasteiger partial charge < -0.3 is 10.2 Å². The van der Waals surface area contributed by atoms with Crippen molar-refractivity contribution >= 4 is 23.2 Å². The molecule has 110 valence electrons. The number of hydrogen-bond acceptors (Lipinski definition) is 3. The van der Waals surface area contributed by atoms with Crippen LogP contribution >= 0.6 is 11.3 Å². The highest BCUT2D eigenvalue weighted by molar-refractivity contribution is 7.09. The summed E-state index contributed by atoms with van der Waals surface area (Å²) < 4.78 is 0. The summed E-state index contributed by atoms with van der Waals surface area (Å²) in [5.74, 6) is 0.180. The smallest absolute Gasteiger partial charge is 0.246 e. The van der Waals surface area contributed by atoms with Crippen molar-refractivity contribution < 1.29 is 9.59 Å². The summed E-state index contributed by atoms with van der Waals surface area (Å²) in [4.78, 5) is 27.4. The van der Waals surface area contributed by atoms with Gasteiger partial charge in [-0.15, -0.1) is 11.3 Å². The highest BCUT2D eigenvalue weighted by atomic mass is 32.1. The summed E-state index contributed by atoms with van der Waals surface area (Å²) in [6.07, 6.45) is 1.69. The molecule has 2 rings (SSSR count). The molecule has 0 bridgehead atoms. The van der Waals surface area contributed by atoms with Gasteiger partial charge in [-0.05, 0) is 24.3 Å². The summed E-state index contributed by atoms with van der Waals surface area (Å²) in [6, 6.07) is 3.77. The number of piperazine rings is 1. The van der Waals surface area contributed by atoms with E-state index in [9.17, 15) is 9.59 Å². The Morgan fingerprint density at radius 1 is 1.45 bits per heavy atom. The molecular formula is C15H22N2O2S. The lowest BCUT2D eigenvalue weighted by atomic mass is 9.95. The van der Waals surface area contributed by atoms with E-state index in [-0.39, 0.29) is 36.4 Å². The Hall–Kier alpha value is -1.36. The third-order valence-electron chi connectivity index (χ3n) is 4.00. The van der Waals surface area contributed by atoms with Crippen LogP contribution in [0.15, 0.2) is 17.5 Å². The van der Waals surface area contributed by atoms with Crippen LogP contribution in [0.4, 0.5) is 0 Å². The summed E-state index contributed by atoms with van der Waals surface area (Å²) in [5.41, 5.74) is 0. The fraction of sp³-hybridized carbons (Fsp3) is 0.600. The second-order valence-corrected chi connectivity index (χ2v) is 6.56. The zero-order chi connectivity index (χ0) is 14.7. The molecule has 3 atom stereocenters. The van der Waals surface area contributed by atoms with Gasteiger partial charge in [0.2, 0.25) is 11.8 Å². The van der Waals surface area contributed by atoms with Crippen molar-refractivity contribution in [2.24, 2.45) is 5.92 Å². The van der Waals surface area contributed by atoms with Crippen LogP contribution in [0.1, 0.15) is 32.1 Å². The average molecular weight is 294 g/mol. The van der Waals surface area contributed by atoms with Crippen LogP contribution in [0.5, 0.6) is 0 Å². The van der Waals surface area contributed by atoms with Gasteiger partial charge in [-0.2, -0.15) is 0 Å². The maximum atomic E-state index is 12.6. The quantitative estimate of drug-likeness (QED) is 0.903. The summed E-state index contributed by atoms with van der Waals surface area (Å²) >= 11 is 1.69. The van der Waals surface area contributed by atoms with Crippen molar-refractivity contribution in [3.8, 4) is 0 Å². The van der Waals surface area contributed by atoms with E-state index in [0.717, 1.165) is 12.8 Å². The van der Waals surface area contributed by atoms with E-state index < -0.39 is 0 Å². The second-order valence-electron chi connectivity index (χ2n) is 5.53. The predicted molar refractivity (Wildman–Crippen MR) is 80.6 cm³/mol. The largest absolute Gasteiger partial charge is 0.342 e. The number of thiophene rings is 1. The number of carbonyl (C=O) groups is 2. The molecular weight excluding hydrogens is 272 g/mol. The van der Waals surface area contributed by atoms with Gasteiger partial charge in [0.25, 0.3) is 0 Å². The first-order valence-corrected chi connectivity index (χ1v) is 8.03. The predicted octanol–water partition coefficient (Wildman–Crippen LogP) is 2.05. The molecule has 3 unspecified atom stereocenters. The third-order valence-corrected chi connectivity index (χ3v) is 4.90. The monoisotopic (exact) mass is 294 g/mol. The highest BCUT2D eigenvalue weighted by Gasteiger charge is 2.37. The van der Waals surface area contributed by atoms with Crippen LogP contribution in [-0.2, 0) is 16.0 Å². The minimum atomic E-state index is -0.368. The lowest BCUT2D eigenvalue weighted by Crippen LogP contribution is -2.62. The summed E-state index contributed by atoms with van der Waals surface area (Å²) in [5, 5.41) is 4.87. The maximum Gasteiger partial charge on any atom is 0.246 e. The fourth-order valence-electron chi connectivity index (χ4n) is 2.52. The molecule has 4 nitrogen and oxygen atoms in total. The molecule has 0 radical (unpaired) electrons. The van der Waals surface area contributed by atoms with Crippen molar-refractivity contribution in [3.05, 3.63) is 22.4 Å². The molecule has 5 heteroatoms. The fourth-order valence-corrected chi connectivity index (χ4v) is 3.34. The van der Waals surface area contributed by atoms with Crippen LogP contribution < -0.4 is 5.32 Å². The molecule has 1 aliphatic rings. The number of amides is 2. The minimum absolute atomic E-state index is 0.0482. The Balaban J connectivity index is 2.09. The first-order valence-electron chi connectivity index (χ1n) is 7.15. The normalized spacial score (nSPS) is 22.6. The number of carbonyl (C=O) groups excluding carboxylic acids is 2. The van der Waals surface area contributed by atoms with Gasteiger partial charge in [0, 0.05) is 17.3 Å². The van der Waals surface area contributed by atoms with Gasteiger partial charge in [0.05, 0.1) is 6.54 Å². The zero-order valence-electron chi connectivity index (χ0n) is 12.3. The van der Waals surface area contributed by atoms with E-state index in [0.29, 0.717) is 0 Å². The van der Waals surface area contributed by atoms with Gasteiger partial charge in [0.1, 0.15) is 6.04 Å². The molecule has 1 aromatic heterocycles. The van der Waals surface area contributed by atoms with Gasteiger partial charge in [-0.3, -0.25) is 9.59 Å². The van der Waals surface area contributed by atoms with E-state index >= 15 is 0 Å². The molecule has 1 aromatic rings. The van der Waals surface area contributed by atoms with E-state index in [4.69, 9.17) is 0 Å². The van der Waals surface area contributed by atoms with Gasteiger partial charge >= 0.3 is 0 Å². The van der Waals surface area contributed by atoms with Crippen molar-refractivity contribution in [2.75, 3.05) is 6.54 Å². The molecule has 0 spiro atoms. The Morgan fingerprint density at radius 2 is 2.20 bits per heavy atom. The average Bonchev–Trinajstić information content (AvgIpc) is 2.92. The first kappa shape index (κ1) is 15.0. The van der Waals surface area contributed by atoms with E-state index in [2.05, 4.69) is 11.4 Å². The molecule has 2 amide bonds. The zero-order valence-corrected chi connectivity index (χ0v) is 13.1. The number of hydrogen-bond donors (Lipinski definition) is 1. The Morgan fingerprint density at radius 3 is 2.80 bits per heavy atom. The summed E-state index contributed by atoms with van der Waals surface area (Å²) in [7, 11) is 0. The van der Waals surface area contributed by atoms with Gasteiger partial charge in [0.15, 0.2) is 0 Å². The van der Waals surface area contributed by atoms with Crippen LogP contribution in [0.25, 0.3) is 0 Å². The molecule has 0 aromatic carbocycles. The summed E-state index contributed by atoms with van der Waals surface area (Å²) in [6.45, 7) is 6.25. The number of nitrogens with zero attached hydrogens (tertiary/aromatic N) is 1. The van der Waals surface area contributed by atoms with Crippen LogP contribution in [0.3, 0.4) is 0 Å². The second kappa shape index (κ2) is 6.39. The van der Waals surface area contributed by atoms with E-state index in [1.165, 1.54) is 4.88 Å². The van der Waals surface area contributed by atoms with Crippen LogP contribution in [0, 0.1) is 5.92 Å². The highest BCUT2D eigenvalue weighted by Crippen LogP contribution is 2.19. The Labute approximate surface area is 124 Å². The van der Waals surface area contributed by atoms with Crippen LogP contribution in [-0.4, -0.2) is 35.3 Å². The lowest BCUT2D eigenvalue weighted by Gasteiger charge is -2.38. The molecule has 1 saturated heterocycles. The van der Waals surface area contributed by atoms with Crippen molar-refractivity contribution in [1.82, 2.24) is 10.2 Å². The molecule has 1 aliphatic heterocycles. The molecule has 0 aliphatic carbocycles. The van der Waals surface area contributed by atoms with Crippen LogP contribution in [0.2, 0.25) is 0 Å². The Kier molecular flexibility index (Phi) is 4.81. The first-order chi connectivity index (χ1) is 9.52. The SMILES string of the molecule is CCC(C)C1NC(=O)CN(C(C)Cc2cccs2)C1=O. The number of nitrogens with one attached hydrogen (secondary N) is 1. The standard InChI is InChI=1S/C15H22N2O2S/c1-4-10(2)14-15(19)17(9-13(18)16-14)11(3)8-12-6-5-7-20-12/h5-7,10-11,14H,4,8-9H2,1-3H3,(H,16,18). The van der Waals surface area contributed by atoms with E-state index in [1.54, 1.807) is 16.2 Å². The van der Waals surface area contributed by atoms with Crippen molar-refractivity contribution in [1.29, 1.82) is 0 Å². The molecule has 20 heavy (non-hydrogen) atoms. The van der Waals surface area contributed by atoms with Gasteiger partial charge in [-0.1, -0.05) is 26.3 Å². The van der Waals surface area contributed by atoms with E-state index in [1.807, 2.05) is 32.2 Å². The molecule has 1 fully saturated rings. The number of rotatable bonds is 5. The lowest BCUT2D eigenvalue weighted by molar-refractivity contribution is -0.147. The Bertz CT molecular complexity index is 472. The minimum Gasteiger partial charge on any atom is -0.342 e. The topological polar surface area (TPSA) is 49.4 Å². The third kappa shape index (κ3) is 3.20. The molecule has 1 N–H and O–H groups in total. The van der Waals surface area contributed by atoms with Gasteiger partial charge in [-0.25, -0.2) is 0 Å². The molecule has 2 heterocycles.